The number of nitrogens with zero attached hydrogens (tertiary/aromatic N) is 3. The number of furan rings is 1. The molecule has 3 aliphatic rings. The summed E-state index contributed by atoms with van der Waals surface area (Å²) in [6, 6.07) is 9.39. The Kier molecular flexibility index (Phi) is 7.50. The minimum Gasteiger partial charge on any atom is -0.472 e. The highest BCUT2D eigenvalue weighted by atomic mass is 16.5. The summed E-state index contributed by atoms with van der Waals surface area (Å²) in [7, 11) is 1.85. The molecule has 196 valence electrons. The van der Waals surface area contributed by atoms with Crippen LogP contribution in [0.25, 0.3) is 5.57 Å². The van der Waals surface area contributed by atoms with E-state index >= 15 is 0 Å². The number of benzene rings is 1. The minimum absolute atomic E-state index is 0.237. The van der Waals surface area contributed by atoms with E-state index in [4.69, 9.17) is 9.15 Å². The Hall–Kier alpha value is -2.24. The SMILES string of the molecule is COC1CCN(c2ccc(N3CCN(Cc4ccoc4)CC3)c(C3=C(C)C(C)(C)C(C)CC3)c2)CC1. The van der Waals surface area contributed by atoms with Crippen LogP contribution in [0.5, 0.6) is 0 Å². The third-order valence-electron chi connectivity index (χ3n) is 9.62. The van der Waals surface area contributed by atoms with Crippen LogP contribution in [0, 0.1) is 11.3 Å². The van der Waals surface area contributed by atoms with Crippen molar-refractivity contribution < 1.29 is 9.15 Å². The third kappa shape index (κ3) is 5.10. The molecule has 5 nitrogen and oxygen atoms in total. The molecule has 2 aliphatic heterocycles. The Morgan fingerprint density at radius 2 is 1.72 bits per heavy atom. The van der Waals surface area contributed by atoms with Gasteiger partial charge in [-0.3, -0.25) is 4.90 Å². The minimum atomic E-state index is 0.237. The van der Waals surface area contributed by atoms with E-state index in [0.29, 0.717) is 12.0 Å². The maximum Gasteiger partial charge on any atom is 0.0947 e. The molecule has 0 radical (unpaired) electrons. The smallest absolute Gasteiger partial charge is 0.0947 e. The van der Waals surface area contributed by atoms with Crippen LogP contribution >= 0.6 is 0 Å². The Labute approximate surface area is 218 Å². The fourth-order valence-electron chi connectivity index (χ4n) is 6.38. The molecule has 1 aliphatic carbocycles. The van der Waals surface area contributed by atoms with Gasteiger partial charge < -0.3 is 19.0 Å². The lowest BCUT2D eigenvalue weighted by molar-refractivity contribution is 0.0819. The first kappa shape index (κ1) is 25.4. The first-order chi connectivity index (χ1) is 17.4. The van der Waals surface area contributed by atoms with E-state index in [0.717, 1.165) is 58.7 Å². The molecule has 2 fully saturated rings. The van der Waals surface area contributed by atoms with E-state index in [9.17, 15) is 0 Å². The van der Waals surface area contributed by atoms with Gasteiger partial charge in [-0.2, -0.15) is 0 Å². The fraction of sp³-hybridized carbons (Fsp3) is 0.613. The Bertz CT molecular complexity index is 1040. The summed E-state index contributed by atoms with van der Waals surface area (Å²) < 4.78 is 10.9. The number of allylic oxidation sites excluding steroid dienone is 2. The highest BCUT2D eigenvalue weighted by molar-refractivity contribution is 5.82. The summed E-state index contributed by atoms with van der Waals surface area (Å²) >= 11 is 0. The lowest BCUT2D eigenvalue weighted by Gasteiger charge is -2.42. The molecule has 3 heterocycles. The molecular formula is C31H45N3O2. The summed E-state index contributed by atoms with van der Waals surface area (Å²) in [5.74, 6) is 0.715. The lowest BCUT2D eigenvalue weighted by atomic mass is 9.65. The highest BCUT2D eigenvalue weighted by Gasteiger charge is 2.35. The summed E-state index contributed by atoms with van der Waals surface area (Å²) in [5.41, 5.74) is 8.94. The number of methoxy groups -OCH3 is 1. The molecule has 2 saturated heterocycles. The maximum absolute atomic E-state index is 5.63. The van der Waals surface area contributed by atoms with Gasteiger partial charge in [0.25, 0.3) is 0 Å². The number of anilines is 2. The van der Waals surface area contributed by atoms with Crippen molar-refractivity contribution in [1.29, 1.82) is 0 Å². The largest absolute Gasteiger partial charge is 0.472 e. The standard InChI is InChI=1S/C31H45N3O2/c1-23-6-8-28(24(2)31(23,3)4)29-20-26(33-13-10-27(35-5)11-14-33)7-9-30(29)34-17-15-32(16-18-34)21-25-12-19-36-22-25/h7,9,12,19-20,22-23,27H,6,8,10-11,13-18,21H2,1-5H3. The molecule has 0 spiro atoms. The summed E-state index contributed by atoms with van der Waals surface area (Å²) in [6.45, 7) is 17.1. The molecule has 1 atom stereocenters. The normalized spacial score (nSPS) is 24.0. The van der Waals surface area contributed by atoms with Gasteiger partial charge in [0.15, 0.2) is 0 Å². The van der Waals surface area contributed by atoms with Crippen molar-refractivity contribution in [2.24, 2.45) is 11.3 Å². The molecule has 0 saturated carbocycles. The van der Waals surface area contributed by atoms with Crippen molar-refractivity contribution in [2.45, 2.75) is 66.0 Å². The van der Waals surface area contributed by atoms with Crippen molar-refractivity contribution in [1.82, 2.24) is 4.90 Å². The monoisotopic (exact) mass is 491 g/mol. The fourth-order valence-corrected chi connectivity index (χ4v) is 6.38. The maximum atomic E-state index is 5.63. The zero-order valence-electron chi connectivity index (χ0n) is 23.1. The first-order valence-electron chi connectivity index (χ1n) is 14.0. The molecular weight excluding hydrogens is 446 g/mol. The Balaban J connectivity index is 1.42. The van der Waals surface area contributed by atoms with Crippen LogP contribution in [0.2, 0.25) is 0 Å². The topological polar surface area (TPSA) is 32.1 Å². The second-order valence-corrected chi connectivity index (χ2v) is 11.8. The van der Waals surface area contributed by atoms with Gasteiger partial charge in [-0.25, -0.2) is 0 Å². The number of hydrogen-bond acceptors (Lipinski definition) is 5. The molecule has 2 aromatic rings. The van der Waals surface area contributed by atoms with Crippen LogP contribution in [-0.2, 0) is 11.3 Å². The summed E-state index contributed by atoms with van der Waals surface area (Å²) in [4.78, 5) is 7.75. The van der Waals surface area contributed by atoms with Crippen LogP contribution in [0.1, 0.15) is 64.5 Å². The van der Waals surface area contributed by atoms with Gasteiger partial charge in [-0.05, 0) is 73.8 Å². The zero-order chi connectivity index (χ0) is 25.3. The molecule has 0 N–H and O–H groups in total. The lowest BCUT2D eigenvalue weighted by Crippen LogP contribution is -2.46. The summed E-state index contributed by atoms with van der Waals surface area (Å²) in [6.07, 6.45) is 8.72. The van der Waals surface area contributed by atoms with Crippen LogP contribution < -0.4 is 9.80 Å². The average Bonchev–Trinajstić information content (AvgIpc) is 3.41. The molecule has 0 bridgehead atoms. The van der Waals surface area contributed by atoms with E-state index in [-0.39, 0.29) is 5.41 Å². The molecule has 1 aromatic carbocycles. The van der Waals surface area contributed by atoms with E-state index < -0.39 is 0 Å². The van der Waals surface area contributed by atoms with E-state index in [1.807, 2.05) is 13.4 Å². The number of hydrogen-bond donors (Lipinski definition) is 0. The molecule has 1 aromatic heterocycles. The number of rotatable bonds is 6. The first-order valence-corrected chi connectivity index (χ1v) is 14.0. The van der Waals surface area contributed by atoms with Crippen molar-refractivity contribution >= 4 is 16.9 Å². The van der Waals surface area contributed by atoms with Gasteiger partial charge in [-0.1, -0.05) is 26.3 Å². The quantitative estimate of drug-likeness (QED) is 0.464. The highest BCUT2D eigenvalue weighted by Crippen LogP contribution is 2.49. The van der Waals surface area contributed by atoms with Crippen molar-refractivity contribution in [2.75, 3.05) is 56.2 Å². The van der Waals surface area contributed by atoms with E-state index in [1.165, 1.54) is 35.3 Å². The van der Waals surface area contributed by atoms with E-state index in [1.54, 1.807) is 17.4 Å². The van der Waals surface area contributed by atoms with Crippen LogP contribution in [-0.4, -0.2) is 57.4 Å². The molecule has 1 unspecified atom stereocenters. The molecule has 0 amide bonds. The number of ether oxygens (including phenoxy) is 1. The predicted molar refractivity (Wildman–Crippen MR) is 150 cm³/mol. The molecule has 5 heteroatoms. The predicted octanol–water partition coefficient (Wildman–Crippen LogP) is 6.45. The number of piperidine rings is 1. The van der Waals surface area contributed by atoms with Gasteiger partial charge in [0.05, 0.1) is 18.6 Å². The Morgan fingerprint density at radius 3 is 2.39 bits per heavy atom. The van der Waals surface area contributed by atoms with Crippen molar-refractivity contribution in [3.05, 3.63) is 53.5 Å². The zero-order valence-corrected chi connectivity index (χ0v) is 23.1. The second kappa shape index (κ2) is 10.6. The van der Waals surface area contributed by atoms with Gasteiger partial charge in [0.2, 0.25) is 0 Å². The van der Waals surface area contributed by atoms with Crippen LogP contribution in [0.15, 0.2) is 46.8 Å². The third-order valence-corrected chi connectivity index (χ3v) is 9.62. The number of piperazine rings is 1. The molecule has 36 heavy (non-hydrogen) atoms. The van der Waals surface area contributed by atoms with Gasteiger partial charge >= 0.3 is 0 Å². The van der Waals surface area contributed by atoms with E-state index in [2.05, 4.69) is 66.7 Å². The average molecular weight is 492 g/mol. The second-order valence-electron chi connectivity index (χ2n) is 11.8. The van der Waals surface area contributed by atoms with Gasteiger partial charge in [-0.15, -0.1) is 0 Å². The van der Waals surface area contributed by atoms with Crippen molar-refractivity contribution in [3.63, 3.8) is 0 Å². The van der Waals surface area contributed by atoms with Crippen LogP contribution in [0.4, 0.5) is 11.4 Å². The van der Waals surface area contributed by atoms with Gasteiger partial charge in [0, 0.05) is 75.4 Å². The summed E-state index contributed by atoms with van der Waals surface area (Å²) in [5, 5.41) is 0. The van der Waals surface area contributed by atoms with Crippen LogP contribution in [0.3, 0.4) is 0 Å². The Morgan fingerprint density at radius 1 is 0.972 bits per heavy atom. The van der Waals surface area contributed by atoms with Gasteiger partial charge in [0.1, 0.15) is 0 Å². The molecule has 5 rings (SSSR count). The van der Waals surface area contributed by atoms with Crippen molar-refractivity contribution in [3.8, 4) is 0 Å².